The number of nitrogens with zero attached hydrogens (tertiary/aromatic N) is 4. The van der Waals surface area contributed by atoms with Crippen LogP contribution in [0.4, 0.5) is 10.1 Å². The van der Waals surface area contributed by atoms with Gasteiger partial charge in [0.15, 0.2) is 11.6 Å². The molecule has 0 saturated heterocycles. The summed E-state index contributed by atoms with van der Waals surface area (Å²) >= 11 is 0. The number of azide groups is 1. The Kier molecular flexibility index (Phi) is 10.5. The lowest BCUT2D eigenvalue weighted by molar-refractivity contribution is -0.155. The fraction of sp³-hybridized carbons (Fsp3) is 0.464. The third-order valence-corrected chi connectivity index (χ3v) is 5.91. The second kappa shape index (κ2) is 13.8. The van der Waals surface area contributed by atoms with Gasteiger partial charge in [-0.25, -0.2) is 9.38 Å². The molecular weight excluding hydrogens is 521 g/mol. The van der Waals surface area contributed by atoms with Gasteiger partial charge in [0.05, 0.1) is 6.61 Å². The van der Waals surface area contributed by atoms with Crippen molar-refractivity contribution in [2.45, 2.75) is 57.3 Å². The first-order valence-corrected chi connectivity index (χ1v) is 12.9. The van der Waals surface area contributed by atoms with Crippen LogP contribution < -0.4 is 10.1 Å². The third-order valence-electron chi connectivity index (χ3n) is 5.91. The number of aliphatic imine (C=N–C) groups is 1. The highest BCUT2D eigenvalue weighted by molar-refractivity contribution is 6.01. The van der Waals surface area contributed by atoms with Gasteiger partial charge in [-0.3, -0.25) is 9.59 Å². The molecule has 0 bridgehead atoms. The van der Waals surface area contributed by atoms with E-state index in [2.05, 4.69) is 15.3 Å². The first-order valence-electron chi connectivity index (χ1n) is 12.9. The van der Waals surface area contributed by atoms with Crippen molar-refractivity contribution in [1.82, 2.24) is 5.32 Å². The summed E-state index contributed by atoms with van der Waals surface area (Å²) in [7, 11) is 0. The number of halogens is 1. The summed E-state index contributed by atoms with van der Waals surface area (Å²) in [5, 5.41) is 15.3. The van der Waals surface area contributed by atoms with Crippen molar-refractivity contribution in [2.75, 3.05) is 26.4 Å². The van der Waals surface area contributed by atoms with Gasteiger partial charge >= 0.3 is 5.97 Å². The molecule has 0 aromatic heterocycles. The van der Waals surface area contributed by atoms with Crippen LogP contribution in [-0.2, 0) is 19.1 Å². The molecule has 0 aliphatic carbocycles. The molecule has 11 nitrogen and oxygen atoms in total. The number of rotatable bonds is 13. The van der Waals surface area contributed by atoms with Crippen LogP contribution in [0.25, 0.3) is 10.4 Å². The van der Waals surface area contributed by atoms with Crippen molar-refractivity contribution in [1.29, 1.82) is 0 Å². The second-order valence-corrected chi connectivity index (χ2v) is 10.1. The maximum atomic E-state index is 13.7. The summed E-state index contributed by atoms with van der Waals surface area (Å²) < 4.78 is 30.4. The maximum absolute atomic E-state index is 13.7. The highest BCUT2D eigenvalue weighted by Crippen LogP contribution is 2.46. The molecular formula is C28H34FN5O6. The summed E-state index contributed by atoms with van der Waals surface area (Å²) in [5.41, 5.74) is 7.82. The highest BCUT2D eigenvalue weighted by atomic mass is 19.1. The summed E-state index contributed by atoms with van der Waals surface area (Å²) in [5.74, 6) is -0.506. The van der Waals surface area contributed by atoms with Crippen LogP contribution in [0.2, 0.25) is 0 Å². The normalized spacial score (nSPS) is 18.2. The van der Waals surface area contributed by atoms with Gasteiger partial charge in [-0.15, -0.1) is 0 Å². The lowest BCUT2D eigenvalue weighted by Crippen LogP contribution is -2.49. The standard InChI is InChI=1S/C28H34FN5O6/c1-27(2,3)40-23(36)13-14-28(26(37)31-16-15-29)24(21-7-4-5-8-22(21)33-34-30)39-25(32-28)19-9-11-20(12-10-19)38-18-6-17-35/h4-5,7-12,24,35H,6,13-18H2,1-3H3,(H,31,37)/t24-,28-/m1/s1. The molecule has 1 aliphatic heterocycles. The Hall–Kier alpha value is -4.15. The van der Waals surface area contributed by atoms with Crippen molar-refractivity contribution in [3.05, 3.63) is 70.1 Å². The van der Waals surface area contributed by atoms with Gasteiger partial charge in [-0.1, -0.05) is 29.4 Å². The van der Waals surface area contributed by atoms with Gasteiger partial charge in [0.2, 0.25) is 5.90 Å². The van der Waals surface area contributed by atoms with Gasteiger partial charge in [-0.2, -0.15) is 0 Å². The van der Waals surface area contributed by atoms with E-state index in [-0.39, 0.29) is 37.6 Å². The minimum atomic E-state index is -1.71. The largest absolute Gasteiger partial charge is 0.494 e. The number of hydrogen-bond acceptors (Lipinski definition) is 8. The van der Waals surface area contributed by atoms with Crippen molar-refractivity contribution < 1.29 is 33.3 Å². The number of esters is 1. The van der Waals surface area contributed by atoms with E-state index in [4.69, 9.17) is 29.8 Å². The zero-order valence-electron chi connectivity index (χ0n) is 22.8. The summed E-state index contributed by atoms with van der Waals surface area (Å²) in [4.78, 5) is 34.0. The molecule has 1 amide bonds. The average Bonchev–Trinajstić information content (AvgIpc) is 3.31. The lowest BCUT2D eigenvalue weighted by Gasteiger charge is -2.31. The molecule has 0 fully saturated rings. The molecule has 1 heterocycles. The number of aliphatic hydroxyl groups is 1. The summed E-state index contributed by atoms with van der Waals surface area (Å²) in [6.07, 6.45) is -0.927. The van der Waals surface area contributed by atoms with Gasteiger partial charge < -0.3 is 24.6 Å². The molecule has 0 radical (unpaired) electrons. The Balaban J connectivity index is 2.08. The number of nitrogens with one attached hydrogen (secondary N) is 1. The molecule has 3 rings (SSSR count). The predicted molar refractivity (Wildman–Crippen MR) is 146 cm³/mol. The Morgan fingerprint density at radius 2 is 1.95 bits per heavy atom. The number of aliphatic hydroxyl groups excluding tert-OH is 1. The Morgan fingerprint density at radius 1 is 1.23 bits per heavy atom. The minimum absolute atomic E-state index is 0.0112. The lowest BCUT2D eigenvalue weighted by atomic mass is 9.82. The van der Waals surface area contributed by atoms with Gasteiger partial charge in [0.1, 0.15) is 18.0 Å². The predicted octanol–water partition coefficient (Wildman–Crippen LogP) is 4.85. The molecule has 214 valence electrons. The first-order chi connectivity index (χ1) is 19.1. The van der Waals surface area contributed by atoms with Gasteiger partial charge in [0, 0.05) is 47.7 Å². The third kappa shape index (κ3) is 7.71. The Labute approximate surface area is 232 Å². The van der Waals surface area contributed by atoms with Crippen LogP contribution in [0.3, 0.4) is 0 Å². The van der Waals surface area contributed by atoms with Gasteiger partial charge in [-0.05, 0) is 57.0 Å². The van der Waals surface area contributed by atoms with Crippen LogP contribution in [0.15, 0.2) is 58.6 Å². The number of carbonyl (C=O) groups is 2. The van der Waals surface area contributed by atoms with Crippen molar-refractivity contribution in [2.24, 2.45) is 10.1 Å². The van der Waals surface area contributed by atoms with Gasteiger partial charge in [0.25, 0.3) is 5.91 Å². The number of ether oxygens (including phenoxy) is 3. The molecule has 40 heavy (non-hydrogen) atoms. The van der Waals surface area contributed by atoms with Crippen LogP contribution in [0.5, 0.6) is 5.75 Å². The molecule has 2 aromatic rings. The topological polar surface area (TPSA) is 155 Å². The number of amides is 1. The van der Waals surface area contributed by atoms with Crippen molar-refractivity contribution in [3.63, 3.8) is 0 Å². The maximum Gasteiger partial charge on any atom is 0.306 e. The van der Waals surface area contributed by atoms with Crippen molar-refractivity contribution in [3.8, 4) is 5.75 Å². The SMILES string of the molecule is CC(C)(C)OC(=O)CC[C@@]1(C(=O)NCCF)N=C(c2ccc(OCCCO)cc2)O[C@@H]1c1ccccc1N=[N+]=[N-]. The fourth-order valence-corrected chi connectivity index (χ4v) is 4.19. The van der Waals surface area contributed by atoms with Crippen LogP contribution in [0, 0.1) is 0 Å². The second-order valence-electron chi connectivity index (χ2n) is 10.1. The van der Waals surface area contributed by atoms with E-state index in [0.717, 1.165) is 0 Å². The number of hydrogen-bond donors (Lipinski definition) is 2. The fourth-order valence-electron chi connectivity index (χ4n) is 4.19. The van der Waals surface area contributed by atoms with E-state index in [0.29, 0.717) is 29.9 Å². The number of alkyl halides is 1. The van der Waals surface area contributed by atoms with E-state index in [1.807, 2.05) is 0 Å². The number of benzene rings is 2. The molecule has 1 aliphatic rings. The van der Waals surface area contributed by atoms with E-state index >= 15 is 0 Å². The molecule has 0 unspecified atom stereocenters. The average molecular weight is 556 g/mol. The molecule has 0 spiro atoms. The highest BCUT2D eigenvalue weighted by Gasteiger charge is 2.53. The minimum Gasteiger partial charge on any atom is -0.494 e. The van der Waals surface area contributed by atoms with E-state index in [9.17, 15) is 14.0 Å². The van der Waals surface area contributed by atoms with Crippen LogP contribution >= 0.6 is 0 Å². The first kappa shape index (κ1) is 30.4. The molecule has 2 atom stereocenters. The summed E-state index contributed by atoms with van der Waals surface area (Å²) in [6, 6.07) is 13.4. The molecule has 12 heteroatoms. The Morgan fingerprint density at radius 3 is 2.60 bits per heavy atom. The quantitative estimate of drug-likeness (QED) is 0.118. The van der Waals surface area contributed by atoms with E-state index in [1.165, 1.54) is 0 Å². The smallest absolute Gasteiger partial charge is 0.306 e. The van der Waals surface area contributed by atoms with Crippen molar-refractivity contribution >= 4 is 23.5 Å². The zero-order chi connectivity index (χ0) is 29.2. The molecule has 0 saturated carbocycles. The van der Waals surface area contributed by atoms with Crippen LogP contribution in [-0.4, -0.2) is 60.5 Å². The Bertz CT molecular complexity index is 1260. The monoisotopic (exact) mass is 555 g/mol. The van der Waals surface area contributed by atoms with Crippen LogP contribution in [0.1, 0.15) is 57.3 Å². The van der Waals surface area contributed by atoms with E-state index in [1.54, 1.807) is 69.3 Å². The molecule has 2 N–H and O–H groups in total. The van der Waals surface area contributed by atoms with E-state index < -0.39 is 35.8 Å². The molecule has 2 aromatic carbocycles. The summed E-state index contributed by atoms with van der Waals surface area (Å²) in [6.45, 7) is 4.50. The number of carbonyl (C=O) groups excluding carboxylic acids is 2. The zero-order valence-corrected chi connectivity index (χ0v) is 22.8.